The van der Waals surface area contributed by atoms with Crippen molar-refractivity contribution in [3.63, 3.8) is 0 Å². The van der Waals surface area contributed by atoms with Crippen LogP contribution < -0.4 is 11.2 Å². The van der Waals surface area contributed by atoms with Gasteiger partial charge in [-0.15, -0.1) is 24.5 Å². The summed E-state index contributed by atoms with van der Waals surface area (Å²) in [6, 6.07) is 0. The Morgan fingerprint density at radius 2 is 1.87 bits per heavy atom. The topological polar surface area (TPSA) is 93.8 Å². The van der Waals surface area contributed by atoms with Crippen LogP contribution in [0.3, 0.4) is 0 Å². The molecular formula is C18H22F3N3O5S. The lowest BCUT2D eigenvalue weighted by atomic mass is 10.1. The summed E-state index contributed by atoms with van der Waals surface area (Å²) >= 11 is 0.918. The number of halogens is 3. The predicted octanol–water partition coefficient (Wildman–Crippen LogP) is 1.69. The maximum atomic E-state index is 13.0. The van der Waals surface area contributed by atoms with Gasteiger partial charge < -0.3 is 10.0 Å². The Bertz CT molecular complexity index is 1060. The molecule has 1 aliphatic heterocycles. The lowest BCUT2D eigenvalue weighted by Gasteiger charge is -2.29. The van der Waals surface area contributed by atoms with Gasteiger partial charge in [0, 0.05) is 19.6 Å². The van der Waals surface area contributed by atoms with Crippen LogP contribution in [0.2, 0.25) is 0 Å². The van der Waals surface area contributed by atoms with Crippen molar-refractivity contribution >= 4 is 27.5 Å². The smallest absolute Gasteiger partial charge is 0.393 e. The van der Waals surface area contributed by atoms with Crippen LogP contribution in [0.5, 0.6) is 0 Å². The van der Waals surface area contributed by atoms with Crippen LogP contribution in [0.4, 0.5) is 13.2 Å². The molecule has 3 heterocycles. The number of carbonyl (C=O) groups excluding carboxylic acids is 1. The van der Waals surface area contributed by atoms with E-state index in [4.69, 9.17) is 0 Å². The average molecular weight is 449 g/mol. The average Bonchev–Trinajstić information content (AvgIpc) is 3.01. The van der Waals surface area contributed by atoms with Crippen LogP contribution in [0, 0.1) is 6.92 Å². The number of thiophene rings is 1. The second-order valence-electron chi connectivity index (χ2n) is 7.04. The predicted molar refractivity (Wildman–Crippen MR) is 104 cm³/mol. The van der Waals surface area contributed by atoms with Crippen LogP contribution in [0.15, 0.2) is 9.59 Å². The van der Waals surface area contributed by atoms with Crippen LogP contribution in [-0.2, 0) is 17.8 Å². The number of hydrogen-bond acceptors (Lipinski definition) is 6. The van der Waals surface area contributed by atoms with Crippen molar-refractivity contribution < 1.29 is 27.8 Å². The molecule has 1 aliphatic rings. The number of carbonyl (C=O) groups is 1. The van der Waals surface area contributed by atoms with E-state index in [2.05, 4.69) is 4.74 Å². The maximum Gasteiger partial charge on any atom is 0.522 e. The van der Waals surface area contributed by atoms with Gasteiger partial charge in [-0.1, -0.05) is 0 Å². The van der Waals surface area contributed by atoms with E-state index in [0.29, 0.717) is 31.5 Å². The molecular weight excluding hydrogens is 427 g/mol. The molecule has 0 spiro atoms. The fourth-order valence-electron chi connectivity index (χ4n) is 3.54. The molecule has 2 aromatic rings. The van der Waals surface area contributed by atoms with E-state index in [0.717, 1.165) is 20.5 Å². The highest BCUT2D eigenvalue weighted by Gasteiger charge is 2.30. The highest BCUT2D eigenvalue weighted by Crippen LogP contribution is 2.30. The Labute approximate surface area is 173 Å². The molecule has 8 nitrogen and oxygen atoms in total. The minimum Gasteiger partial charge on any atom is -0.393 e. The van der Waals surface area contributed by atoms with Gasteiger partial charge >= 0.3 is 12.1 Å². The zero-order valence-electron chi connectivity index (χ0n) is 16.5. The molecule has 12 heteroatoms. The molecule has 2 aromatic heterocycles. The number of hydrogen-bond donors (Lipinski definition) is 1. The molecule has 30 heavy (non-hydrogen) atoms. The minimum atomic E-state index is -4.84. The van der Waals surface area contributed by atoms with E-state index in [1.54, 1.807) is 18.7 Å². The largest absolute Gasteiger partial charge is 0.522 e. The molecule has 0 aromatic carbocycles. The number of aliphatic hydroxyl groups excluding tert-OH is 1. The van der Waals surface area contributed by atoms with Crippen molar-refractivity contribution in [2.45, 2.75) is 52.2 Å². The molecule has 0 radical (unpaired) electrons. The minimum absolute atomic E-state index is 0.0380. The van der Waals surface area contributed by atoms with Crippen molar-refractivity contribution in [2.75, 3.05) is 19.7 Å². The molecule has 0 aliphatic carbocycles. The summed E-state index contributed by atoms with van der Waals surface area (Å²) in [5.74, 6) is -0.325. The third-order valence-electron chi connectivity index (χ3n) is 5.14. The molecule has 1 saturated heterocycles. The number of likely N-dealkylation sites (tertiary alicyclic amines) is 1. The lowest BCUT2D eigenvalue weighted by molar-refractivity contribution is -0.325. The van der Waals surface area contributed by atoms with E-state index in [1.165, 1.54) is 0 Å². The molecule has 0 saturated carbocycles. The fraction of sp³-hybridized carbons (Fsp3) is 0.611. The summed E-state index contributed by atoms with van der Waals surface area (Å²) in [7, 11) is 0. The number of amides is 1. The number of alkyl halides is 3. The van der Waals surface area contributed by atoms with Gasteiger partial charge in [-0.05, 0) is 32.3 Å². The van der Waals surface area contributed by atoms with E-state index >= 15 is 0 Å². The molecule has 0 atom stereocenters. The number of fused-ring (bicyclic) bond motifs is 1. The first-order valence-electron chi connectivity index (χ1n) is 9.50. The first-order valence-corrected chi connectivity index (χ1v) is 10.3. The molecule has 166 valence electrons. The number of ether oxygens (including phenoxy) is 1. The van der Waals surface area contributed by atoms with Crippen LogP contribution in [0.1, 0.15) is 35.0 Å². The second-order valence-corrected chi connectivity index (χ2v) is 8.04. The monoisotopic (exact) mass is 449 g/mol. The van der Waals surface area contributed by atoms with Gasteiger partial charge in [-0.2, -0.15) is 0 Å². The van der Waals surface area contributed by atoms with Gasteiger partial charge in [-0.25, -0.2) is 4.79 Å². The maximum absolute atomic E-state index is 13.0. The summed E-state index contributed by atoms with van der Waals surface area (Å²) in [4.78, 5) is 40.5. The van der Waals surface area contributed by atoms with Crippen LogP contribution >= 0.6 is 11.3 Å². The number of piperidine rings is 1. The number of rotatable bonds is 5. The van der Waals surface area contributed by atoms with Gasteiger partial charge in [0.05, 0.1) is 29.5 Å². The van der Waals surface area contributed by atoms with Gasteiger partial charge in [0.15, 0.2) is 0 Å². The third kappa shape index (κ3) is 4.30. The van der Waals surface area contributed by atoms with Gasteiger partial charge in [-0.3, -0.25) is 23.5 Å². The van der Waals surface area contributed by atoms with Crippen molar-refractivity contribution in [2.24, 2.45) is 0 Å². The number of aromatic nitrogens is 2. The quantitative estimate of drug-likeness (QED) is 0.750. The third-order valence-corrected chi connectivity index (χ3v) is 6.44. The summed E-state index contributed by atoms with van der Waals surface area (Å²) in [6.45, 7) is 2.71. The van der Waals surface area contributed by atoms with Crippen LogP contribution in [0.25, 0.3) is 10.2 Å². The van der Waals surface area contributed by atoms with Crippen LogP contribution in [-0.4, -0.2) is 57.2 Å². The molecule has 1 fully saturated rings. The van der Waals surface area contributed by atoms with Crippen molar-refractivity contribution in [1.29, 1.82) is 0 Å². The Balaban J connectivity index is 2.08. The van der Waals surface area contributed by atoms with E-state index in [9.17, 15) is 32.7 Å². The Morgan fingerprint density at radius 1 is 1.23 bits per heavy atom. The van der Waals surface area contributed by atoms with Gasteiger partial charge in [0.1, 0.15) is 4.83 Å². The lowest BCUT2D eigenvalue weighted by Crippen LogP contribution is -2.40. The summed E-state index contributed by atoms with van der Waals surface area (Å²) in [5, 5.41) is 9.79. The van der Waals surface area contributed by atoms with Gasteiger partial charge in [0.25, 0.3) is 11.5 Å². The van der Waals surface area contributed by atoms with E-state index < -0.39 is 36.9 Å². The van der Waals surface area contributed by atoms with Gasteiger partial charge in [0.2, 0.25) is 0 Å². The Morgan fingerprint density at radius 3 is 2.43 bits per heavy atom. The zero-order chi connectivity index (χ0) is 22.2. The molecule has 1 amide bonds. The molecule has 0 unspecified atom stereocenters. The standard InChI is InChI=1S/C18H22F3N3O5S/c1-3-23-14(26)12-10(2)13(15(27)22-6-4-11(25)5-7-22)30-16(12)24(17(23)28)8-9-29-18(19,20)21/h11,25H,3-9H2,1-2H3. The van der Waals surface area contributed by atoms with E-state index in [1.807, 2.05) is 0 Å². The summed E-state index contributed by atoms with van der Waals surface area (Å²) in [6.07, 6.45) is -4.42. The van der Waals surface area contributed by atoms with Crippen molar-refractivity contribution in [1.82, 2.24) is 14.0 Å². The Hall–Kier alpha value is -2.18. The number of aliphatic hydroxyl groups is 1. The normalized spacial score (nSPS) is 15.9. The highest BCUT2D eigenvalue weighted by molar-refractivity contribution is 7.20. The molecule has 3 rings (SSSR count). The SMILES string of the molecule is CCn1c(=O)c2c(C)c(C(=O)N3CCC(O)CC3)sc2n(CCOC(F)(F)F)c1=O. The second kappa shape index (κ2) is 8.52. The van der Waals surface area contributed by atoms with E-state index in [-0.39, 0.29) is 27.5 Å². The highest BCUT2D eigenvalue weighted by atomic mass is 32.1. The summed E-state index contributed by atoms with van der Waals surface area (Å²) < 4.78 is 42.9. The number of nitrogens with zero attached hydrogens (tertiary/aromatic N) is 3. The Kier molecular flexibility index (Phi) is 6.39. The summed E-state index contributed by atoms with van der Waals surface area (Å²) in [5.41, 5.74) is -0.932. The zero-order valence-corrected chi connectivity index (χ0v) is 17.3. The molecule has 0 bridgehead atoms. The number of aryl methyl sites for hydroxylation is 1. The first kappa shape index (κ1) is 22.5. The molecule has 1 N–H and O–H groups in total. The van der Waals surface area contributed by atoms with Crippen molar-refractivity contribution in [3.8, 4) is 0 Å². The van der Waals surface area contributed by atoms with Crippen molar-refractivity contribution in [3.05, 3.63) is 31.3 Å². The first-order chi connectivity index (χ1) is 14.0. The fourth-order valence-corrected chi connectivity index (χ4v) is 4.83.